The topological polar surface area (TPSA) is 36.9 Å². The second-order valence-electron chi connectivity index (χ2n) is 8.41. The third kappa shape index (κ3) is 5.08. The van der Waals surface area contributed by atoms with Gasteiger partial charge in [-0.25, -0.2) is 0 Å². The molecule has 0 saturated carbocycles. The SMILES string of the molecule is CCOC1=CC=C(c2ccc(C3(c4ccc(OC)cc4)CCOCCCOC3)cc2)CC1. The summed E-state index contributed by atoms with van der Waals surface area (Å²) in [5, 5.41) is 0. The van der Waals surface area contributed by atoms with Crippen LogP contribution in [0, 0.1) is 0 Å². The molecule has 2 aromatic carbocycles. The van der Waals surface area contributed by atoms with E-state index in [1.54, 1.807) is 7.11 Å². The maximum absolute atomic E-state index is 6.17. The fourth-order valence-corrected chi connectivity index (χ4v) is 4.63. The first kappa shape index (κ1) is 22.6. The molecule has 0 radical (unpaired) electrons. The smallest absolute Gasteiger partial charge is 0.118 e. The molecular formula is C28H34O4. The van der Waals surface area contributed by atoms with Crippen LogP contribution in [0.3, 0.4) is 0 Å². The molecule has 4 heteroatoms. The lowest BCUT2D eigenvalue weighted by molar-refractivity contribution is 0.0950. The van der Waals surface area contributed by atoms with E-state index >= 15 is 0 Å². The lowest BCUT2D eigenvalue weighted by Gasteiger charge is -2.35. The van der Waals surface area contributed by atoms with Crippen molar-refractivity contribution in [2.45, 2.75) is 38.0 Å². The third-order valence-electron chi connectivity index (χ3n) is 6.49. The first-order chi connectivity index (χ1) is 15.7. The summed E-state index contributed by atoms with van der Waals surface area (Å²) in [6.07, 6.45) is 8.08. The Hall–Kier alpha value is -2.56. The normalized spacial score (nSPS) is 22.1. The molecule has 2 aromatic rings. The number of methoxy groups -OCH3 is 1. The van der Waals surface area contributed by atoms with E-state index in [0.717, 1.165) is 57.0 Å². The van der Waals surface area contributed by atoms with E-state index in [-0.39, 0.29) is 5.41 Å². The summed E-state index contributed by atoms with van der Waals surface area (Å²) in [4.78, 5) is 0. The Labute approximate surface area is 191 Å². The lowest BCUT2D eigenvalue weighted by atomic mass is 9.72. The molecule has 0 bridgehead atoms. The Morgan fingerprint density at radius 2 is 1.56 bits per heavy atom. The maximum atomic E-state index is 6.17. The Morgan fingerprint density at radius 1 is 0.844 bits per heavy atom. The summed E-state index contributed by atoms with van der Waals surface area (Å²) in [5.74, 6) is 1.94. The van der Waals surface area contributed by atoms with Gasteiger partial charge in [0.1, 0.15) is 5.75 Å². The molecule has 1 unspecified atom stereocenters. The zero-order valence-electron chi connectivity index (χ0n) is 19.3. The summed E-state index contributed by atoms with van der Waals surface area (Å²) in [6.45, 7) is 5.59. The van der Waals surface area contributed by atoms with Crippen molar-refractivity contribution >= 4 is 5.57 Å². The molecular weight excluding hydrogens is 400 g/mol. The highest BCUT2D eigenvalue weighted by Gasteiger charge is 2.35. The molecule has 4 rings (SSSR count). The second-order valence-corrected chi connectivity index (χ2v) is 8.41. The first-order valence-electron chi connectivity index (χ1n) is 11.7. The highest BCUT2D eigenvalue weighted by atomic mass is 16.5. The zero-order chi connectivity index (χ0) is 22.2. The molecule has 170 valence electrons. The van der Waals surface area contributed by atoms with Crippen LogP contribution in [0.5, 0.6) is 5.75 Å². The van der Waals surface area contributed by atoms with Crippen molar-refractivity contribution < 1.29 is 18.9 Å². The van der Waals surface area contributed by atoms with Crippen LogP contribution in [0.1, 0.15) is 49.3 Å². The first-order valence-corrected chi connectivity index (χ1v) is 11.7. The Balaban J connectivity index is 1.66. The molecule has 0 amide bonds. The van der Waals surface area contributed by atoms with Crippen molar-refractivity contribution in [3.63, 3.8) is 0 Å². The van der Waals surface area contributed by atoms with E-state index < -0.39 is 0 Å². The van der Waals surface area contributed by atoms with Crippen molar-refractivity contribution in [3.8, 4) is 5.75 Å². The summed E-state index contributed by atoms with van der Waals surface area (Å²) >= 11 is 0. The van der Waals surface area contributed by atoms with Gasteiger partial charge in [-0.2, -0.15) is 0 Å². The van der Waals surface area contributed by atoms with Gasteiger partial charge >= 0.3 is 0 Å². The number of hydrogen-bond acceptors (Lipinski definition) is 4. The van der Waals surface area contributed by atoms with Gasteiger partial charge in [0.05, 0.1) is 26.1 Å². The van der Waals surface area contributed by atoms with Gasteiger partial charge in [0.2, 0.25) is 0 Å². The van der Waals surface area contributed by atoms with Gasteiger partial charge in [-0.15, -0.1) is 0 Å². The van der Waals surface area contributed by atoms with Crippen molar-refractivity contribution in [1.82, 2.24) is 0 Å². The van der Waals surface area contributed by atoms with Crippen LogP contribution in [-0.2, 0) is 19.6 Å². The van der Waals surface area contributed by atoms with Gasteiger partial charge in [-0.05, 0) is 66.7 Å². The largest absolute Gasteiger partial charge is 0.498 e. The van der Waals surface area contributed by atoms with Crippen LogP contribution >= 0.6 is 0 Å². The van der Waals surface area contributed by atoms with Gasteiger partial charge in [-0.3, -0.25) is 0 Å². The second kappa shape index (κ2) is 10.8. The molecule has 1 atom stereocenters. The van der Waals surface area contributed by atoms with Crippen LogP contribution in [0.4, 0.5) is 0 Å². The molecule has 1 aliphatic carbocycles. The van der Waals surface area contributed by atoms with E-state index in [1.165, 1.54) is 22.3 Å². The van der Waals surface area contributed by atoms with E-state index in [1.807, 2.05) is 19.1 Å². The molecule has 0 aromatic heterocycles. The number of allylic oxidation sites excluding steroid dienone is 4. The van der Waals surface area contributed by atoms with Gasteiger partial charge in [-0.1, -0.05) is 42.5 Å². The average Bonchev–Trinajstić information content (AvgIpc) is 2.98. The van der Waals surface area contributed by atoms with E-state index in [4.69, 9.17) is 18.9 Å². The van der Waals surface area contributed by atoms with E-state index in [9.17, 15) is 0 Å². The molecule has 1 saturated heterocycles. The van der Waals surface area contributed by atoms with Crippen molar-refractivity contribution in [3.05, 3.63) is 83.1 Å². The lowest BCUT2D eigenvalue weighted by Crippen LogP contribution is -2.34. The highest BCUT2D eigenvalue weighted by Crippen LogP contribution is 2.39. The van der Waals surface area contributed by atoms with Crippen LogP contribution in [-0.4, -0.2) is 40.1 Å². The fourth-order valence-electron chi connectivity index (χ4n) is 4.63. The Kier molecular flexibility index (Phi) is 7.67. The predicted octanol–water partition coefficient (Wildman–Crippen LogP) is 5.91. The summed E-state index contributed by atoms with van der Waals surface area (Å²) in [6, 6.07) is 17.4. The Morgan fingerprint density at radius 3 is 2.22 bits per heavy atom. The highest BCUT2D eigenvalue weighted by molar-refractivity contribution is 5.69. The maximum Gasteiger partial charge on any atom is 0.118 e. The fraction of sp³-hybridized carbons (Fsp3) is 0.429. The molecule has 1 heterocycles. The molecule has 32 heavy (non-hydrogen) atoms. The van der Waals surface area contributed by atoms with Crippen molar-refractivity contribution in [2.75, 3.05) is 40.1 Å². The standard InChI is InChI=1S/C28H34O4/c1-3-32-27-13-7-23(8-14-27)22-5-9-24(10-6-22)28(17-20-30-18-4-19-31-21-28)25-11-15-26(29-2)16-12-25/h5-7,9-13,15-16H,3-4,8,14,17-21H2,1-2H3. The quantitative estimate of drug-likeness (QED) is 0.567. The average molecular weight is 435 g/mol. The molecule has 4 nitrogen and oxygen atoms in total. The van der Waals surface area contributed by atoms with Gasteiger partial charge in [0, 0.05) is 31.7 Å². The van der Waals surface area contributed by atoms with Crippen LogP contribution in [0.25, 0.3) is 5.57 Å². The molecule has 1 fully saturated rings. The van der Waals surface area contributed by atoms with Crippen molar-refractivity contribution in [2.24, 2.45) is 0 Å². The third-order valence-corrected chi connectivity index (χ3v) is 6.49. The molecule has 0 spiro atoms. The Bertz CT molecular complexity index is 915. The monoisotopic (exact) mass is 434 g/mol. The van der Waals surface area contributed by atoms with Crippen molar-refractivity contribution in [1.29, 1.82) is 0 Å². The predicted molar refractivity (Wildman–Crippen MR) is 128 cm³/mol. The van der Waals surface area contributed by atoms with E-state index in [2.05, 4.69) is 48.6 Å². The van der Waals surface area contributed by atoms with Gasteiger partial charge < -0.3 is 18.9 Å². The number of rotatable bonds is 6. The molecule has 0 N–H and O–H groups in total. The minimum Gasteiger partial charge on any atom is -0.498 e. The zero-order valence-corrected chi connectivity index (χ0v) is 19.3. The van der Waals surface area contributed by atoms with Crippen LogP contribution < -0.4 is 4.74 Å². The van der Waals surface area contributed by atoms with Gasteiger partial charge in [0.15, 0.2) is 0 Å². The minimum absolute atomic E-state index is 0.252. The van der Waals surface area contributed by atoms with Gasteiger partial charge in [0.25, 0.3) is 0 Å². The number of ether oxygens (including phenoxy) is 4. The molecule has 1 aliphatic heterocycles. The summed E-state index contributed by atoms with van der Waals surface area (Å²) in [5.41, 5.74) is 4.87. The number of benzene rings is 2. The number of hydrogen-bond donors (Lipinski definition) is 0. The molecule has 2 aliphatic rings. The van der Waals surface area contributed by atoms with Crippen LogP contribution in [0.2, 0.25) is 0 Å². The minimum atomic E-state index is -0.252. The summed E-state index contributed by atoms with van der Waals surface area (Å²) in [7, 11) is 1.70. The summed E-state index contributed by atoms with van der Waals surface area (Å²) < 4.78 is 23.1. The van der Waals surface area contributed by atoms with Crippen LogP contribution in [0.15, 0.2) is 66.4 Å². The van der Waals surface area contributed by atoms with E-state index in [0.29, 0.717) is 13.2 Å².